The van der Waals surface area contributed by atoms with E-state index in [2.05, 4.69) is 12.2 Å². The first kappa shape index (κ1) is 13.9. The van der Waals surface area contributed by atoms with Gasteiger partial charge in [-0.15, -0.1) is 11.3 Å². The number of nitrogens with one attached hydrogen (secondary N) is 1. The zero-order chi connectivity index (χ0) is 13.1. The molecule has 0 aromatic carbocycles. The molecule has 0 fully saturated rings. The molecule has 2 heterocycles. The molecule has 18 heavy (non-hydrogen) atoms. The summed E-state index contributed by atoms with van der Waals surface area (Å²) in [6.45, 7) is 4.98. The molecular weight excluding hydrogens is 289 g/mol. The number of furan rings is 1. The summed E-state index contributed by atoms with van der Waals surface area (Å²) in [6, 6.07) is 3.98. The van der Waals surface area contributed by atoms with Crippen molar-refractivity contribution >= 4 is 34.5 Å². The van der Waals surface area contributed by atoms with Crippen molar-refractivity contribution in [3.63, 3.8) is 0 Å². The summed E-state index contributed by atoms with van der Waals surface area (Å²) in [4.78, 5) is 0. The standard InChI is InChI=1S/C13H15Cl2NOS/c1-3-4-16-12(9-5-8(2)17-7-9)10-6-11(14)18-13(10)15/h5-7,12,16H,3-4H2,1-2H3. The van der Waals surface area contributed by atoms with Gasteiger partial charge in [0.1, 0.15) is 5.76 Å². The van der Waals surface area contributed by atoms with Gasteiger partial charge in [0.05, 0.1) is 21.0 Å². The largest absolute Gasteiger partial charge is 0.469 e. The molecule has 1 atom stereocenters. The Bertz CT molecular complexity index is 521. The van der Waals surface area contributed by atoms with Gasteiger partial charge in [-0.25, -0.2) is 0 Å². The lowest BCUT2D eigenvalue weighted by atomic mass is 10.0. The van der Waals surface area contributed by atoms with E-state index in [1.807, 2.05) is 19.1 Å². The molecule has 1 unspecified atom stereocenters. The topological polar surface area (TPSA) is 25.2 Å². The van der Waals surface area contributed by atoms with Crippen LogP contribution in [-0.4, -0.2) is 6.54 Å². The van der Waals surface area contributed by atoms with Crippen LogP contribution in [0.1, 0.15) is 36.3 Å². The molecule has 0 amide bonds. The SMILES string of the molecule is CCCNC(c1coc(C)c1)c1cc(Cl)sc1Cl. The Hall–Kier alpha value is -0.480. The minimum Gasteiger partial charge on any atom is -0.469 e. The minimum absolute atomic E-state index is 0.0404. The molecule has 0 aliphatic rings. The molecule has 0 aliphatic heterocycles. The summed E-state index contributed by atoms with van der Waals surface area (Å²) < 4.78 is 6.82. The van der Waals surface area contributed by atoms with Crippen molar-refractivity contribution in [1.82, 2.24) is 5.32 Å². The molecule has 0 radical (unpaired) electrons. The van der Waals surface area contributed by atoms with E-state index in [9.17, 15) is 0 Å². The Morgan fingerprint density at radius 2 is 2.17 bits per heavy atom. The third-order valence-corrected chi connectivity index (χ3v) is 4.19. The molecule has 0 bridgehead atoms. The van der Waals surface area contributed by atoms with Crippen LogP contribution in [0.2, 0.25) is 8.67 Å². The highest BCUT2D eigenvalue weighted by Crippen LogP contribution is 2.37. The minimum atomic E-state index is 0.0404. The Kier molecular flexibility index (Phi) is 4.73. The Balaban J connectivity index is 2.33. The van der Waals surface area contributed by atoms with Gasteiger partial charge in [-0.05, 0) is 32.0 Å². The van der Waals surface area contributed by atoms with E-state index in [4.69, 9.17) is 27.6 Å². The van der Waals surface area contributed by atoms with Gasteiger partial charge in [-0.3, -0.25) is 0 Å². The smallest absolute Gasteiger partial charge is 0.101 e. The van der Waals surface area contributed by atoms with Crippen molar-refractivity contribution in [1.29, 1.82) is 0 Å². The van der Waals surface area contributed by atoms with Crippen LogP contribution in [0, 0.1) is 6.92 Å². The predicted molar refractivity (Wildman–Crippen MR) is 77.9 cm³/mol. The number of hydrogen-bond donors (Lipinski definition) is 1. The fourth-order valence-corrected chi connectivity index (χ4v) is 3.39. The summed E-state index contributed by atoms with van der Waals surface area (Å²) in [5.41, 5.74) is 2.10. The number of hydrogen-bond acceptors (Lipinski definition) is 3. The number of aryl methyl sites for hydroxylation is 1. The van der Waals surface area contributed by atoms with E-state index < -0.39 is 0 Å². The summed E-state index contributed by atoms with van der Waals surface area (Å²) in [5.74, 6) is 0.894. The van der Waals surface area contributed by atoms with Gasteiger partial charge in [-0.2, -0.15) is 0 Å². The molecule has 0 spiro atoms. The van der Waals surface area contributed by atoms with Gasteiger partial charge >= 0.3 is 0 Å². The maximum absolute atomic E-state index is 6.24. The van der Waals surface area contributed by atoms with E-state index >= 15 is 0 Å². The molecule has 2 rings (SSSR count). The third-order valence-electron chi connectivity index (χ3n) is 2.68. The lowest BCUT2D eigenvalue weighted by molar-refractivity contribution is 0.524. The van der Waals surface area contributed by atoms with Gasteiger partial charge in [0.25, 0.3) is 0 Å². The quantitative estimate of drug-likeness (QED) is 0.836. The molecule has 0 saturated carbocycles. The second kappa shape index (κ2) is 6.11. The van der Waals surface area contributed by atoms with Gasteiger partial charge in [0.2, 0.25) is 0 Å². The second-order valence-corrected chi connectivity index (χ2v) is 6.44. The van der Waals surface area contributed by atoms with E-state index in [0.717, 1.165) is 34.2 Å². The molecule has 2 aromatic heterocycles. The Morgan fingerprint density at radius 3 is 2.67 bits per heavy atom. The average Bonchev–Trinajstić information content (AvgIpc) is 2.87. The first-order valence-electron chi connectivity index (χ1n) is 5.85. The number of halogens is 2. The lowest BCUT2D eigenvalue weighted by Gasteiger charge is -2.16. The molecule has 5 heteroatoms. The first-order valence-corrected chi connectivity index (χ1v) is 7.42. The van der Waals surface area contributed by atoms with Gasteiger partial charge < -0.3 is 9.73 Å². The summed E-state index contributed by atoms with van der Waals surface area (Å²) >= 11 is 13.7. The zero-order valence-electron chi connectivity index (χ0n) is 10.3. The molecule has 98 valence electrons. The number of rotatable bonds is 5. The molecule has 0 saturated heterocycles. The maximum Gasteiger partial charge on any atom is 0.101 e. The van der Waals surface area contributed by atoms with Crippen LogP contribution in [0.5, 0.6) is 0 Å². The molecule has 2 nitrogen and oxygen atoms in total. The van der Waals surface area contributed by atoms with Gasteiger partial charge in [0.15, 0.2) is 0 Å². The van der Waals surface area contributed by atoms with Crippen LogP contribution in [0.15, 0.2) is 22.8 Å². The van der Waals surface area contributed by atoms with E-state index in [0.29, 0.717) is 4.34 Å². The Morgan fingerprint density at radius 1 is 1.39 bits per heavy atom. The molecular formula is C13H15Cl2NOS. The number of thiophene rings is 1. The highest BCUT2D eigenvalue weighted by atomic mass is 35.5. The van der Waals surface area contributed by atoms with Crippen molar-refractivity contribution in [2.45, 2.75) is 26.3 Å². The molecule has 1 N–H and O–H groups in total. The van der Waals surface area contributed by atoms with Crippen molar-refractivity contribution in [3.05, 3.63) is 44.0 Å². The predicted octanol–water partition coefficient (Wildman–Crippen LogP) is 5.05. The first-order chi connectivity index (χ1) is 8.61. The molecule has 2 aromatic rings. The highest BCUT2D eigenvalue weighted by Gasteiger charge is 2.20. The zero-order valence-corrected chi connectivity index (χ0v) is 12.6. The van der Waals surface area contributed by atoms with Crippen LogP contribution in [0.4, 0.5) is 0 Å². The van der Waals surface area contributed by atoms with Crippen molar-refractivity contribution in [2.24, 2.45) is 0 Å². The van der Waals surface area contributed by atoms with Gasteiger partial charge in [0, 0.05) is 11.1 Å². The fourth-order valence-electron chi connectivity index (χ4n) is 1.86. The monoisotopic (exact) mass is 303 g/mol. The summed E-state index contributed by atoms with van der Waals surface area (Å²) in [7, 11) is 0. The van der Waals surface area contributed by atoms with Crippen LogP contribution >= 0.6 is 34.5 Å². The van der Waals surface area contributed by atoms with E-state index in [1.54, 1.807) is 6.26 Å². The highest BCUT2D eigenvalue weighted by molar-refractivity contribution is 7.20. The van der Waals surface area contributed by atoms with Crippen LogP contribution in [0.3, 0.4) is 0 Å². The van der Waals surface area contributed by atoms with Crippen molar-refractivity contribution < 1.29 is 4.42 Å². The van der Waals surface area contributed by atoms with Crippen LogP contribution in [-0.2, 0) is 0 Å². The van der Waals surface area contributed by atoms with E-state index in [-0.39, 0.29) is 6.04 Å². The average molecular weight is 304 g/mol. The fraction of sp³-hybridized carbons (Fsp3) is 0.385. The summed E-state index contributed by atoms with van der Waals surface area (Å²) in [6.07, 6.45) is 2.83. The van der Waals surface area contributed by atoms with Crippen molar-refractivity contribution in [3.8, 4) is 0 Å². The third kappa shape index (κ3) is 3.09. The molecule has 0 aliphatic carbocycles. The van der Waals surface area contributed by atoms with Crippen molar-refractivity contribution in [2.75, 3.05) is 6.54 Å². The van der Waals surface area contributed by atoms with Crippen LogP contribution in [0.25, 0.3) is 0 Å². The normalized spacial score (nSPS) is 12.9. The lowest BCUT2D eigenvalue weighted by Crippen LogP contribution is -2.22. The second-order valence-electron chi connectivity index (χ2n) is 4.16. The maximum atomic E-state index is 6.24. The van der Waals surface area contributed by atoms with E-state index in [1.165, 1.54) is 11.3 Å². The van der Waals surface area contributed by atoms with Crippen LogP contribution < -0.4 is 5.32 Å². The summed E-state index contributed by atoms with van der Waals surface area (Å²) in [5, 5.41) is 3.47. The van der Waals surface area contributed by atoms with Gasteiger partial charge in [-0.1, -0.05) is 30.1 Å². The Labute approximate surface area is 121 Å².